The number of amides is 1. The van der Waals surface area contributed by atoms with Gasteiger partial charge in [0.05, 0.1) is 5.69 Å². The van der Waals surface area contributed by atoms with Gasteiger partial charge in [-0.05, 0) is 37.1 Å². The van der Waals surface area contributed by atoms with Gasteiger partial charge in [-0.2, -0.15) is 0 Å². The van der Waals surface area contributed by atoms with E-state index in [1.807, 2.05) is 13.1 Å². The number of nitrogens with one attached hydrogen (secondary N) is 1. The number of rotatable bonds is 4. The number of fused-ring (bicyclic) bond motifs is 1. The number of anilines is 1. The fraction of sp³-hybridized carbons (Fsp3) is 0.500. The summed E-state index contributed by atoms with van der Waals surface area (Å²) in [5, 5.41) is 3.21. The predicted octanol–water partition coefficient (Wildman–Crippen LogP) is 1.75. The lowest BCUT2D eigenvalue weighted by atomic mass is 9.95. The number of carbonyl (C=O) groups excluding carboxylic acids is 1. The molecule has 98 valence electrons. The predicted molar refractivity (Wildman–Crippen MR) is 72.3 cm³/mol. The highest BCUT2D eigenvalue weighted by atomic mass is 16.5. The SMILES string of the molecule is CCC(CNC)c1ccc2c(c1)N(C)C(=O)CO2. The summed E-state index contributed by atoms with van der Waals surface area (Å²) >= 11 is 0. The molecule has 0 saturated heterocycles. The van der Waals surface area contributed by atoms with E-state index in [2.05, 4.69) is 24.4 Å². The zero-order valence-corrected chi connectivity index (χ0v) is 11.2. The molecule has 2 rings (SSSR count). The largest absolute Gasteiger partial charge is 0.482 e. The van der Waals surface area contributed by atoms with Crippen molar-refractivity contribution in [2.75, 3.05) is 32.1 Å². The Morgan fingerprint density at radius 2 is 2.28 bits per heavy atom. The van der Waals surface area contributed by atoms with Crippen LogP contribution in [0.5, 0.6) is 5.75 Å². The van der Waals surface area contributed by atoms with Crippen LogP contribution in [0, 0.1) is 0 Å². The van der Waals surface area contributed by atoms with Crippen LogP contribution in [0.3, 0.4) is 0 Å². The van der Waals surface area contributed by atoms with E-state index >= 15 is 0 Å². The van der Waals surface area contributed by atoms with E-state index in [-0.39, 0.29) is 12.5 Å². The summed E-state index contributed by atoms with van der Waals surface area (Å²) in [5.74, 6) is 1.26. The molecule has 1 N–H and O–H groups in total. The van der Waals surface area contributed by atoms with Gasteiger partial charge in [0.2, 0.25) is 0 Å². The molecular weight excluding hydrogens is 228 g/mol. The Kier molecular flexibility index (Phi) is 3.87. The first kappa shape index (κ1) is 12.9. The van der Waals surface area contributed by atoms with E-state index in [9.17, 15) is 4.79 Å². The molecule has 4 heteroatoms. The van der Waals surface area contributed by atoms with Gasteiger partial charge in [-0.3, -0.25) is 4.79 Å². The molecule has 0 spiro atoms. The first-order valence-corrected chi connectivity index (χ1v) is 6.35. The molecule has 0 fully saturated rings. The highest BCUT2D eigenvalue weighted by molar-refractivity contribution is 5.97. The van der Waals surface area contributed by atoms with E-state index in [4.69, 9.17) is 4.74 Å². The molecule has 1 unspecified atom stereocenters. The summed E-state index contributed by atoms with van der Waals surface area (Å²) in [5.41, 5.74) is 2.12. The lowest BCUT2D eigenvalue weighted by molar-refractivity contribution is -0.120. The monoisotopic (exact) mass is 248 g/mol. The van der Waals surface area contributed by atoms with Gasteiger partial charge in [-0.15, -0.1) is 0 Å². The van der Waals surface area contributed by atoms with E-state index in [1.165, 1.54) is 5.56 Å². The van der Waals surface area contributed by atoms with Crippen molar-refractivity contribution in [3.63, 3.8) is 0 Å². The molecule has 1 aliphatic heterocycles. The summed E-state index contributed by atoms with van der Waals surface area (Å²) in [6.07, 6.45) is 1.07. The van der Waals surface area contributed by atoms with Crippen LogP contribution < -0.4 is 15.0 Å². The van der Waals surface area contributed by atoms with Crippen LogP contribution in [0.15, 0.2) is 18.2 Å². The smallest absolute Gasteiger partial charge is 0.264 e. The first-order chi connectivity index (χ1) is 8.67. The van der Waals surface area contributed by atoms with Gasteiger partial charge < -0.3 is 15.0 Å². The van der Waals surface area contributed by atoms with Crippen molar-refractivity contribution in [1.82, 2.24) is 5.32 Å². The number of hydrogen-bond acceptors (Lipinski definition) is 3. The number of carbonyl (C=O) groups is 1. The van der Waals surface area contributed by atoms with Crippen LogP contribution in [0.1, 0.15) is 24.8 Å². The molecule has 0 saturated carbocycles. The van der Waals surface area contributed by atoms with E-state index in [0.717, 1.165) is 24.4 Å². The first-order valence-electron chi connectivity index (χ1n) is 6.35. The van der Waals surface area contributed by atoms with Crippen LogP contribution in [0.25, 0.3) is 0 Å². The molecule has 0 aromatic heterocycles. The van der Waals surface area contributed by atoms with Crippen LogP contribution >= 0.6 is 0 Å². The lowest BCUT2D eigenvalue weighted by Crippen LogP contribution is -2.35. The molecule has 0 aliphatic carbocycles. The highest BCUT2D eigenvalue weighted by Crippen LogP contribution is 2.34. The minimum atomic E-state index is 0.00122. The number of benzene rings is 1. The van der Waals surface area contributed by atoms with Gasteiger partial charge in [-0.25, -0.2) is 0 Å². The molecule has 0 radical (unpaired) electrons. The quantitative estimate of drug-likeness (QED) is 0.882. The molecule has 1 amide bonds. The third-order valence-corrected chi connectivity index (χ3v) is 3.48. The second-order valence-corrected chi connectivity index (χ2v) is 4.63. The Morgan fingerprint density at radius 3 is 2.94 bits per heavy atom. The number of nitrogens with zero attached hydrogens (tertiary/aromatic N) is 1. The Morgan fingerprint density at radius 1 is 1.50 bits per heavy atom. The van der Waals surface area contributed by atoms with E-state index in [1.54, 1.807) is 11.9 Å². The minimum Gasteiger partial charge on any atom is -0.482 e. The fourth-order valence-electron chi connectivity index (χ4n) is 2.29. The van der Waals surface area contributed by atoms with Crippen LogP contribution in [0.2, 0.25) is 0 Å². The van der Waals surface area contributed by atoms with Gasteiger partial charge in [0.1, 0.15) is 5.75 Å². The van der Waals surface area contributed by atoms with Crippen molar-refractivity contribution in [2.45, 2.75) is 19.3 Å². The number of likely N-dealkylation sites (N-methyl/N-ethyl adjacent to an activating group) is 2. The van der Waals surface area contributed by atoms with Crippen molar-refractivity contribution < 1.29 is 9.53 Å². The third-order valence-electron chi connectivity index (χ3n) is 3.48. The maximum absolute atomic E-state index is 11.6. The summed E-state index contributed by atoms with van der Waals surface area (Å²) in [6.45, 7) is 3.25. The Labute approximate surface area is 108 Å². The van der Waals surface area contributed by atoms with E-state index < -0.39 is 0 Å². The molecular formula is C14H20N2O2. The zero-order valence-electron chi connectivity index (χ0n) is 11.2. The fourth-order valence-corrected chi connectivity index (χ4v) is 2.29. The minimum absolute atomic E-state index is 0.00122. The van der Waals surface area contributed by atoms with Gasteiger partial charge in [0.25, 0.3) is 5.91 Å². The van der Waals surface area contributed by atoms with Crippen LogP contribution in [-0.2, 0) is 4.79 Å². The van der Waals surface area contributed by atoms with Crippen LogP contribution in [-0.4, -0.2) is 33.2 Å². The molecule has 0 bridgehead atoms. The van der Waals surface area contributed by atoms with Gasteiger partial charge in [0.15, 0.2) is 6.61 Å². The van der Waals surface area contributed by atoms with Crippen molar-refractivity contribution in [2.24, 2.45) is 0 Å². The van der Waals surface area contributed by atoms with E-state index in [0.29, 0.717) is 5.92 Å². The van der Waals surface area contributed by atoms with Crippen molar-refractivity contribution in [1.29, 1.82) is 0 Å². The van der Waals surface area contributed by atoms with Crippen molar-refractivity contribution >= 4 is 11.6 Å². The highest BCUT2D eigenvalue weighted by Gasteiger charge is 2.23. The topological polar surface area (TPSA) is 41.6 Å². The lowest BCUT2D eigenvalue weighted by Gasteiger charge is -2.27. The molecule has 1 aromatic carbocycles. The normalized spacial score (nSPS) is 16.2. The summed E-state index contributed by atoms with van der Waals surface area (Å²) < 4.78 is 5.43. The zero-order chi connectivity index (χ0) is 13.1. The second-order valence-electron chi connectivity index (χ2n) is 4.63. The number of hydrogen-bond donors (Lipinski definition) is 1. The van der Waals surface area contributed by atoms with Gasteiger partial charge in [0, 0.05) is 13.6 Å². The van der Waals surface area contributed by atoms with Crippen LogP contribution in [0.4, 0.5) is 5.69 Å². The summed E-state index contributed by atoms with van der Waals surface area (Å²) in [7, 11) is 3.76. The van der Waals surface area contributed by atoms with Crippen molar-refractivity contribution in [3.8, 4) is 5.75 Å². The molecule has 4 nitrogen and oxygen atoms in total. The molecule has 1 aliphatic rings. The second kappa shape index (κ2) is 5.40. The molecule has 1 atom stereocenters. The van der Waals surface area contributed by atoms with Gasteiger partial charge in [-0.1, -0.05) is 13.0 Å². The summed E-state index contributed by atoms with van der Waals surface area (Å²) in [4.78, 5) is 13.3. The number of ether oxygens (including phenoxy) is 1. The standard InChI is InChI=1S/C14H20N2O2/c1-4-10(8-15-2)11-5-6-13-12(7-11)16(3)14(17)9-18-13/h5-7,10,15H,4,8-9H2,1-3H3. The average Bonchev–Trinajstić information content (AvgIpc) is 2.40. The maximum atomic E-state index is 11.6. The molecule has 1 heterocycles. The van der Waals surface area contributed by atoms with Gasteiger partial charge >= 0.3 is 0 Å². The maximum Gasteiger partial charge on any atom is 0.264 e. The average molecular weight is 248 g/mol. The summed E-state index contributed by atoms with van der Waals surface area (Å²) in [6, 6.07) is 6.12. The molecule has 18 heavy (non-hydrogen) atoms. The third kappa shape index (κ3) is 2.34. The Bertz CT molecular complexity index is 445. The Hall–Kier alpha value is -1.55. The van der Waals surface area contributed by atoms with Crippen molar-refractivity contribution in [3.05, 3.63) is 23.8 Å². The Balaban J connectivity index is 2.33. The molecule has 1 aromatic rings.